The van der Waals surface area contributed by atoms with Gasteiger partial charge in [-0.2, -0.15) is 0 Å². The van der Waals surface area contributed by atoms with Crippen LogP contribution in [0.2, 0.25) is 0 Å². The molecule has 0 bridgehead atoms. The smallest absolute Gasteiger partial charge is 0.213 e. The Balaban J connectivity index is 1.85. The minimum atomic E-state index is -3.00. The number of hydrogen-bond donors (Lipinski definition) is 1. The van der Waals surface area contributed by atoms with Crippen molar-refractivity contribution < 1.29 is 8.42 Å². The van der Waals surface area contributed by atoms with Gasteiger partial charge in [-0.3, -0.25) is 0 Å². The van der Waals surface area contributed by atoms with Gasteiger partial charge in [0.15, 0.2) is 0 Å². The van der Waals surface area contributed by atoms with Gasteiger partial charge >= 0.3 is 0 Å². The van der Waals surface area contributed by atoms with Gasteiger partial charge < -0.3 is 5.32 Å². The van der Waals surface area contributed by atoms with Crippen LogP contribution in [0.15, 0.2) is 0 Å². The minimum absolute atomic E-state index is 0.225. The van der Waals surface area contributed by atoms with Gasteiger partial charge in [0.05, 0.1) is 5.75 Å². The lowest BCUT2D eigenvalue weighted by Gasteiger charge is -2.40. The molecule has 21 heavy (non-hydrogen) atoms. The fourth-order valence-electron chi connectivity index (χ4n) is 3.95. The average Bonchev–Trinajstić information content (AvgIpc) is 2.48. The third kappa shape index (κ3) is 4.42. The van der Waals surface area contributed by atoms with Gasteiger partial charge in [-0.05, 0) is 44.4 Å². The van der Waals surface area contributed by atoms with E-state index in [1.807, 2.05) is 0 Å². The molecule has 1 saturated heterocycles. The molecule has 124 valence electrons. The molecule has 1 aliphatic carbocycles. The lowest BCUT2D eigenvalue weighted by atomic mass is 9.77. The van der Waals surface area contributed by atoms with Crippen molar-refractivity contribution in [2.75, 3.05) is 18.8 Å². The van der Waals surface area contributed by atoms with Gasteiger partial charge in [0.25, 0.3) is 0 Å². The second kappa shape index (κ2) is 7.42. The topological polar surface area (TPSA) is 49.4 Å². The second-order valence-electron chi connectivity index (χ2n) is 7.04. The van der Waals surface area contributed by atoms with Crippen molar-refractivity contribution in [3.8, 4) is 0 Å². The van der Waals surface area contributed by atoms with Gasteiger partial charge in [-0.25, -0.2) is 12.7 Å². The maximum atomic E-state index is 11.9. The molecule has 1 N–H and O–H groups in total. The summed E-state index contributed by atoms with van der Waals surface area (Å²) in [5.74, 6) is 1.75. The number of nitrogens with zero attached hydrogens (tertiary/aromatic N) is 1. The van der Waals surface area contributed by atoms with Crippen LogP contribution in [-0.2, 0) is 10.0 Å². The summed E-state index contributed by atoms with van der Waals surface area (Å²) < 4.78 is 25.5. The summed E-state index contributed by atoms with van der Waals surface area (Å²) in [6.45, 7) is 7.77. The van der Waals surface area contributed by atoms with E-state index in [4.69, 9.17) is 0 Å². The van der Waals surface area contributed by atoms with Gasteiger partial charge in [0.2, 0.25) is 10.0 Å². The first-order chi connectivity index (χ1) is 9.94. The molecule has 2 rings (SSSR count). The molecule has 5 heteroatoms. The van der Waals surface area contributed by atoms with Gasteiger partial charge in [0.1, 0.15) is 0 Å². The third-order valence-electron chi connectivity index (χ3n) is 5.34. The van der Waals surface area contributed by atoms with Crippen molar-refractivity contribution in [3.63, 3.8) is 0 Å². The van der Waals surface area contributed by atoms with Crippen LogP contribution in [-0.4, -0.2) is 43.6 Å². The molecule has 0 amide bonds. The standard InChI is InChI=1S/C16H32N2O2S/c1-4-21(19,20)18-11-9-14(10-12-18)17-16-8-6-5-7-15(16)13(2)3/h13-17H,4-12H2,1-3H3. The van der Waals surface area contributed by atoms with Crippen LogP contribution in [0, 0.1) is 11.8 Å². The molecule has 1 heterocycles. The number of nitrogens with one attached hydrogen (secondary N) is 1. The highest BCUT2D eigenvalue weighted by atomic mass is 32.2. The van der Waals surface area contributed by atoms with Crippen LogP contribution in [0.5, 0.6) is 0 Å². The lowest BCUT2D eigenvalue weighted by Crippen LogP contribution is -2.51. The van der Waals surface area contributed by atoms with Crippen LogP contribution in [0.4, 0.5) is 0 Å². The monoisotopic (exact) mass is 316 g/mol. The van der Waals surface area contributed by atoms with Crippen LogP contribution >= 0.6 is 0 Å². The fourth-order valence-corrected chi connectivity index (χ4v) is 5.08. The molecule has 0 aromatic rings. The first-order valence-corrected chi connectivity index (χ1v) is 10.3. The molecule has 0 spiro atoms. The zero-order valence-electron chi connectivity index (χ0n) is 13.8. The number of hydrogen-bond acceptors (Lipinski definition) is 3. The Morgan fingerprint density at radius 1 is 1.10 bits per heavy atom. The van der Waals surface area contributed by atoms with Crippen LogP contribution in [0.25, 0.3) is 0 Å². The minimum Gasteiger partial charge on any atom is -0.311 e. The summed E-state index contributed by atoms with van der Waals surface area (Å²) in [4.78, 5) is 0. The number of piperidine rings is 1. The molecule has 2 fully saturated rings. The van der Waals surface area contributed by atoms with Gasteiger partial charge in [0, 0.05) is 25.2 Å². The summed E-state index contributed by atoms with van der Waals surface area (Å²) in [5, 5.41) is 3.86. The predicted molar refractivity (Wildman–Crippen MR) is 87.8 cm³/mol. The molecule has 2 unspecified atom stereocenters. The molecule has 2 aliphatic rings. The van der Waals surface area contributed by atoms with Crippen molar-refractivity contribution in [1.82, 2.24) is 9.62 Å². The Kier molecular flexibility index (Phi) is 6.09. The number of rotatable bonds is 5. The van der Waals surface area contributed by atoms with E-state index in [-0.39, 0.29) is 5.75 Å². The fraction of sp³-hybridized carbons (Fsp3) is 1.00. The highest BCUT2D eigenvalue weighted by Crippen LogP contribution is 2.31. The van der Waals surface area contributed by atoms with E-state index in [1.165, 1.54) is 25.7 Å². The summed E-state index contributed by atoms with van der Waals surface area (Å²) in [6.07, 6.45) is 7.26. The Morgan fingerprint density at radius 2 is 1.71 bits per heavy atom. The molecule has 0 aromatic carbocycles. The van der Waals surface area contributed by atoms with Crippen molar-refractivity contribution >= 4 is 10.0 Å². The SMILES string of the molecule is CCS(=O)(=O)N1CCC(NC2CCCCC2C(C)C)CC1. The zero-order valence-corrected chi connectivity index (χ0v) is 14.7. The third-order valence-corrected chi connectivity index (χ3v) is 7.22. The number of sulfonamides is 1. The molecule has 2 atom stereocenters. The summed E-state index contributed by atoms with van der Waals surface area (Å²) >= 11 is 0. The molecular formula is C16H32N2O2S. The summed E-state index contributed by atoms with van der Waals surface area (Å²) in [7, 11) is -3.00. The first kappa shape index (κ1) is 17.2. The van der Waals surface area contributed by atoms with E-state index in [0.29, 0.717) is 25.2 Å². The summed E-state index contributed by atoms with van der Waals surface area (Å²) in [5.41, 5.74) is 0. The largest absolute Gasteiger partial charge is 0.311 e. The Labute approximate surface area is 130 Å². The predicted octanol–water partition coefficient (Wildman–Crippen LogP) is 2.60. The highest BCUT2D eigenvalue weighted by Gasteiger charge is 2.32. The Bertz CT molecular complexity index is 414. The second-order valence-corrected chi connectivity index (χ2v) is 9.30. The molecule has 0 aromatic heterocycles. The van der Waals surface area contributed by atoms with E-state index >= 15 is 0 Å². The Morgan fingerprint density at radius 3 is 2.29 bits per heavy atom. The van der Waals surface area contributed by atoms with Crippen molar-refractivity contribution in [2.45, 2.75) is 71.4 Å². The maximum Gasteiger partial charge on any atom is 0.213 e. The van der Waals surface area contributed by atoms with E-state index in [0.717, 1.165) is 24.7 Å². The van der Waals surface area contributed by atoms with E-state index in [1.54, 1.807) is 11.2 Å². The van der Waals surface area contributed by atoms with Gasteiger partial charge in [-0.1, -0.05) is 26.7 Å². The van der Waals surface area contributed by atoms with Gasteiger partial charge in [-0.15, -0.1) is 0 Å². The molecule has 1 aliphatic heterocycles. The molecule has 0 radical (unpaired) electrons. The van der Waals surface area contributed by atoms with Crippen LogP contribution in [0.1, 0.15) is 59.3 Å². The average molecular weight is 317 g/mol. The Hall–Kier alpha value is -0.130. The molecule has 4 nitrogen and oxygen atoms in total. The normalized spacial score (nSPS) is 29.9. The van der Waals surface area contributed by atoms with Crippen LogP contribution < -0.4 is 5.32 Å². The van der Waals surface area contributed by atoms with Crippen molar-refractivity contribution in [1.29, 1.82) is 0 Å². The van der Waals surface area contributed by atoms with E-state index in [2.05, 4.69) is 19.2 Å². The van der Waals surface area contributed by atoms with Crippen molar-refractivity contribution in [3.05, 3.63) is 0 Å². The zero-order chi connectivity index (χ0) is 15.5. The maximum absolute atomic E-state index is 11.9. The summed E-state index contributed by atoms with van der Waals surface area (Å²) in [6, 6.07) is 1.13. The molecular weight excluding hydrogens is 284 g/mol. The van der Waals surface area contributed by atoms with E-state index in [9.17, 15) is 8.42 Å². The van der Waals surface area contributed by atoms with Crippen LogP contribution in [0.3, 0.4) is 0 Å². The first-order valence-electron chi connectivity index (χ1n) is 8.68. The molecule has 1 saturated carbocycles. The van der Waals surface area contributed by atoms with E-state index < -0.39 is 10.0 Å². The lowest BCUT2D eigenvalue weighted by molar-refractivity contribution is 0.173. The highest BCUT2D eigenvalue weighted by molar-refractivity contribution is 7.89. The van der Waals surface area contributed by atoms with Crippen molar-refractivity contribution in [2.24, 2.45) is 11.8 Å². The quantitative estimate of drug-likeness (QED) is 0.848.